The van der Waals surface area contributed by atoms with Gasteiger partial charge >= 0.3 is 0 Å². The third-order valence-electron chi connectivity index (χ3n) is 4.58. The zero-order chi connectivity index (χ0) is 16.3. The van der Waals surface area contributed by atoms with Crippen molar-refractivity contribution in [2.24, 2.45) is 5.73 Å². The average molecular weight is 301 g/mol. The molecular formula is C22H23N. The van der Waals surface area contributed by atoms with Crippen molar-refractivity contribution >= 4 is 0 Å². The molecule has 0 saturated carbocycles. The van der Waals surface area contributed by atoms with E-state index in [2.05, 4.69) is 86.6 Å². The van der Waals surface area contributed by atoms with Gasteiger partial charge in [0.15, 0.2) is 0 Å². The number of hydrogen-bond donors (Lipinski definition) is 1. The van der Waals surface area contributed by atoms with Gasteiger partial charge in [-0.1, -0.05) is 85.3 Å². The van der Waals surface area contributed by atoms with Crippen LogP contribution in [0.5, 0.6) is 0 Å². The first-order valence-electron chi connectivity index (χ1n) is 8.15. The summed E-state index contributed by atoms with van der Waals surface area (Å²) in [5, 5.41) is 0. The maximum atomic E-state index is 6.86. The Kier molecular flexibility index (Phi) is 4.31. The van der Waals surface area contributed by atoms with Gasteiger partial charge in [-0.15, -0.1) is 0 Å². The minimum Gasteiger partial charge on any atom is -0.318 e. The van der Waals surface area contributed by atoms with E-state index in [0.717, 1.165) is 12.0 Å². The SMILES string of the molecule is CCC(N)(c1cccc(C)c1)c1cccc(-c2ccccc2)c1. The summed E-state index contributed by atoms with van der Waals surface area (Å²) in [5.74, 6) is 0. The van der Waals surface area contributed by atoms with Gasteiger partial charge in [0.1, 0.15) is 0 Å². The molecule has 2 N–H and O–H groups in total. The van der Waals surface area contributed by atoms with Crippen LogP contribution in [0.1, 0.15) is 30.0 Å². The van der Waals surface area contributed by atoms with E-state index in [0.29, 0.717) is 0 Å². The van der Waals surface area contributed by atoms with Gasteiger partial charge < -0.3 is 5.73 Å². The van der Waals surface area contributed by atoms with Gasteiger partial charge in [0.05, 0.1) is 5.54 Å². The Hall–Kier alpha value is -2.38. The highest BCUT2D eigenvalue weighted by Crippen LogP contribution is 2.33. The first-order chi connectivity index (χ1) is 11.1. The molecule has 0 aromatic heterocycles. The van der Waals surface area contributed by atoms with Crippen molar-refractivity contribution < 1.29 is 0 Å². The summed E-state index contributed by atoms with van der Waals surface area (Å²) < 4.78 is 0. The predicted octanol–water partition coefficient (Wildman–Crippen LogP) is 5.27. The van der Waals surface area contributed by atoms with Gasteiger partial charge in [0.25, 0.3) is 0 Å². The van der Waals surface area contributed by atoms with Crippen LogP contribution in [0, 0.1) is 6.92 Å². The molecular weight excluding hydrogens is 278 g/mol. The van der Waals surface area contributed by atoms with E-state index in [1.165, 1.54) is 22.3 Å². The minimum atomic E-state index is -0.461. The standard InChI is InChI=1S/C22H23N/c1-3-22(23,20-13-7-9-17(2)15-20)21-14-8-12-19(16-21)18-10-5-4-6-11-18/h4-16H,3,23H2,1-2H3. The van der Waals surface area contributed by atoms with Gasteiger partial charge in [0, 0.05) is 0 Å². The Morgan fingerprint density at radius 2 is 1.35 bits per heavy atom. The summed E-state index contributed by atoms with van der Waals surface area (Å²) in [7, 11) is 0. The van der Waals surface area contributed by atoms with Crippen LogP contribution < -0.4 is 5.73 Å². The van der Waals surface area contributed by atoms with Crippen molar-refractivity contribution in [2.45, 2.75) is 25.8 Å². The largest absolute Gasteiger partial charge is 0.318 e. The van der Waals surface area contributed by atoms with Crippen LogP contribution in [0.3, 0.4) is 0 Å². The Morgan fingerprint density at radius 3 is 2.00 bits per heavy atom. The van der Waals surface area contributed by atoms with Crippen LogP contribution in [0.2, 0.25) is 0 Å². The molecule has 0 fully saturated rings. The fourth-order valence-corrected chi connectivity index (χ4v) is 3.10. The van der Waals surface area contributed by atoms with Crippen LogP contribution in [0.25, 0.3) is 11.1 Å². The molecule has 0 radical (unpaired) electrons. The highest BCUT2D eigenvalue weighted by molar-refractivity contribution is 5.65. The molecule has 0 aliphatic heterocycles. The lowest BCUT2D eigenvalue weighted by Crippen LogP contribution is -2.37. The molecule has 3 rings (SSSR count). The molecule has 0 aliphatic rings. The summed E-state index contributed by atoms with van der Waals surface area (Å²) in [5.41, 5.74) is 12.4. The molecule has 1 heteroatoms. The van der Waals surface area contributed by atoms with Crippen molar-refractivity contribution in [3.63, 3.8) is 0 Å². The maximum absolute atomic E-state index is 6.86. The van der Waals surface area contributed by atoms with E-state index < -0.39 is 5.54 Å². The molecule has 1 atom stereocenters. The first kappa shape index (κ1) is 15.5. The maximum Gasteiger partial charge on any atom is 0.0663 e. The van der Waals surface area contributed by atoms with Gasteiger partial charge in [-0.25, -0.2) is 0 Å². The van der Waals surface area contributed by atoms with Gasteiger partial charge in [-0.3, -0.25) is 0 Å². The molecule has 0 spiro atoms. The molecule has 1 nitrogen and oxygen atoms in total. The average Bonchev–Trinajstić information content (AvgIpc) is 2.62. The van der Waals surface area contributed by atoms with Crippen molar-refractivity contribution in [3.05, 3.63) is 95.6 Å². The number of rotatable bonds is 4. The second kappa shape index (κ2) is 6.39. The molecule has 23 heavy (non-hydrogen) atoms. The Morgan fingerprint density at radius 1 is 0.739 bits per heavy atom. The van der Waals surface area contributed by atoms with Crippen LogP contribution in [0.4, 0.5) is 0 Å². The van der Waals surface area contributed by atoms with Crippen molar-refractivity contribution in [1.29, 1.82) is 0 Å². The molecule has 0 heterocycles. The normalized spacial score (nSPS) is 13.5. The van der Waals surface area contributed by atoms with Crippen LogP contribution >= 0.6 is 0 Å². The molecule has 0 saturated heterocycles. The minimum absolute atomic E-state index is 0.461. The molecule has 0 bridgehead atoms. The topological polar surface area (TPSA) is 26.0 Å². The van der Waals surface area contributed by atoms with E-state index >= 15 is 0 Å². The van der Waals surface area contributed by atoms with Crippen molar-refractivity contribution in [1.82, 2.24) is 0 Å². The Labute approximate surface area is 138 Å². The van der Waals surface area contributed by atoms with E-state index in [1.807, 2.05) is 6.07 Å². The second-order valence-electron chi connectivity index (χ2n) is 6.14. The molecule has 0 aliphatic carbocycles. The lowest BCUT2D eigenvalue weighted by atomic mass is 9.80. The molecule has 3 aromatic carbocycles. The zero-order valence-electron chi connectivity index (χ0n) is 13.8. The van der Waals surface area contributed by atoms with Crippen molar-refractivity contribution in [2.75, 3.05) is 0 Å². The monoisotopic (exact) mass is 301 g/mol. The summed E-state index contributed by atoms with van der Waals surface area (Å²) in [6.07, 6.45) is 0.856. The lowest BCUT2D eigenvalue weighted by molar-refractivity contribution is 0.519. The molecule has 1 unspecified atom stereocenters. The lowest BCUT2D eigenvalue weighted by Gasteiger charge is -2.30. The summed E-state index contributed by atoms with van der Waals surface area (Å²) in [6.45, 7) is 4.26. The highest BCUT2D eigenvalue weighted by Gasteiger charge is 2.27. The van der Waals surface area contributed by atoms with E-state index in [9.17, 15) is 0 Å². The number of nitrogens with two attached hydrogens (primary N) is 1. The van der Waals surface area contributed by atoms with E-state index in [4.69, 9.17) is 5.73 Å². The van der Waals surface area contributed by atoms with Gasteiger partial charge in [-0.2, -0.15) is 0 Å². The number of benzene rings is 3. The first-order valence-corrected chi connectivity index (χ1v) is 8.15. The number of aryl methyl sites for hydroxylation is 1. The van der Waals surface area contributed by atoms with Crippen LogP contribution in [0.15, 0.2) is 78.9 Å². The summed E-state index contributed by atoms with van der Waals surface area (Å²) in [4.78, 5) is 0. The van der Waals surface area contributed by atoms with Crippen LogP contribution in [-0.4, -0.2) is 0 Å². The van der Waals surface area contributed by atoms with Gasteiger partial charge in [0.2, 0.25) is 0 Å². The predicted molar refractivity (Wildman–Crippen MR) is 98.3 cm³/mol. The van der Waals surface area contributed by atoms with Gasteiger partial charge in [-0.05, 0) is 41.7 Å². The second-order valence-corrected chi connectivity index (χ2v) is 6.14. The quantitative estimate of drug-likeness (QED) is 0.697. The zero-order valence-corrected chi connectivity index (χ0v) is 13.8. The number of hydrogen-bond acceptors (Lipinski definition) is 1. The van der Waals surface area contributed by atoms with Crippen LogP contribution in [-0.2, 0) is 5.54 Å². The third kappa shape index (κ3) is 3.06. The smallest absolute Gasteiger partial charge is 0.0663 e. The fraction of sp³-hybridized carbons (Fsp3) is 0.182. The summed E-state index contributed by atoms with van der Waals surface area (Å²) >= 11 is 0. The molecule has 116 valence electrons. The highest BCUT2D eigenvalue weighted by atomic mass is 14.7. The van der Waals surface area contributed by atoms with Crippen molar-refractivity contribution in [3.8, 4) is 11.1 Å². The Balaban J connectivity index is 2.09. The summed E-state index contributed by atoms with van der Waals surface area (Å²) in [6, 6.07) is 27.6. The Bertz CT molecular complexity index is 792. The molecule has 0 amide bonds. The van der Waals surface area contributed by atoms with E-state index in [-0.39, 0.29) is 0 Å². The third-order valence-corrected chi connectivity index (χ3v) is 4.58. The van der Waals surface area contributed by atoms with E-state index in [1.54, 1.807) is 0 Å². The fourth-order valence-electron chi connectivity index (χ4n) is 3.10. The molecule has 3 aromatic rings.